The van der Waals surface area contributed by atoms with Crippen LogP contribution in [0.4, 0.5) is 10.5 Å². The molecule has 4 rings (SSSR count). The molecule has 0 aliphatic carbocycles. The minimum atomic E-state index is -1.91. The lowest BCUT2D eigenvalue weighted by Crippen LogP contribution is -2.51. The molecular weight excluding hydrogens is 454 g/mol. The van der Waals surface area contributed by atoms with E-state index < -0.39 is 32.2 Å². The molecule has 2 aliphatic rings. The average molecular weight is 488 g/mol. The van der Waals surface area contributed by atoms with E-state index in [1.807, 2.05) is 42.5 Å². The molecule has 0 radical (unpaired) electrons. The van der Waals surface area contributed by atoms with Crippen LogP contribution in [0, 0.1) is 30.6 Å². The second kappa shape index (κ2) is 9.20. The van der Waals surface area contributed by atoms with Crippen molar-refractivity contribution in [1.29, 1.82) is 0 Å². The lowest BCUT2D eigenvalue weighted by molar-refractivity contribution is 0.204. The number of para-hydroxylation sites is 2. The molecule has 0 N–H and O–H groups in total. The van der Waals surface area contributed by atoms with Crippen LogP contribution in [0.1, 0.15) is 32.8 Å². The minimum absolute atomic E-state index is 0.112. The van der Waals surface area contributed by atoms with Crippen LogP contribution in [0.15, 0.2) is 54.6 Å². The standard InChI is InChI=1S/C29H33NO4Si/c1-8-21(19-20-32-35(6,7)28(3,4)5)29-23-17-13-14-18-25(23)30(24(9-2)26(29)34-29)27(31)33-22-15-11-10-12-16-22/h1-2,10-18,21,24,26H,19-20H2,3-7H3/t21-,24-,26-,29+/m0/s1. The van der Waals surface area contributed by atoms with Gasteiger partial charge in [-0.05, 0) is 42.8 Å². The van der Waals surface area contributed by atoms with Gasteiger partial charge in [-0.15, -0.1) is 12.8 Å². The molecule has 4 atom stereocenters. The molecule has 182 valence electrons. The van der Waals surface area contributed by atoms with Crippen LogP contribution in [0.25, 0.3) is 0 Å². The van der Waals surface area contributed by atoms with Gasteiger partial charge in [-0.2, -0.15) is 0 Å². The summed E-state index contributed by atoms with van der Waals surface area (Å²) in [4.78, 5) is 14.8. The zero-order valence-corrected chi connectivity index (χ0v) is 22.1. The molecule has 0 saturated carbocycles. The van der Waals surface area contributed by atoms with Gasteiger partial charge >= 0.3 is 6.09 Å². The van der Waals surface area contributed by atoms with Gasteiger partial charge in [-0.3, -0.25) is 4.90 Å². The van der Waals surface area contributed by atoms with E-state index in [-0.39, 0.29) is 11.0 Å². The first-order chi connectivity index (χ1) is 16.6. The summed E-state index contributed by atoms with van der Waals surface area (Å²) < 4.78 is 18.4. The Bertz CT molecular complexity index is 1170. The fourth-order valence-electron chi connectivity index (χ4n) is 4.54. The van der Waals surface area contributed by atoms with Crippen molar-refractivity contribution < 1.29 is 18.7 Å². The highest BCUT2D eigenvalue weighted by Crippen LogP contribution is 2.60. The summed E-state index contributed by atoms with van der Waals surface area (Å²) in [7, 11) is -1.91. The third-order valence-corrected chi connectivity index (χ3v) is 12.1. The number of carbonyl (C=O) groups is 1. The molecule has 1 amide bonds. The van der Waals surface area contributed by atoms with Gasteiger partial charge in [0.2, 0.25) is 0 Å². The Morgan fingerprint density at radius 1 is 1.14 bits per heavy atom. The summed E-state index contributed by atoms with van der Waals surface area (Å²) in [6.07, 6.45) is 11.7. The first-order valence-corrected chi connectivity index (χ1v) is 14.9. The summed E-state index contributed by atoms with van der Waals surface area (Å²) in [6.45, 7) is 11.7. The van der Waals surface area contributed by atoms with Crippen LogP contribution >= 0.6 is 0 Å². The second-order valence-corrected chi connectivity index (χ2v) is 15.4. The third kappa shape index (κ3) is 4.39. The first kappa shape index (κ1) is 25.1. The maximum absolute atomic E-state index is 13.3. The number of carbonyl (C=O) groups excluding carboxylic acids is 1. The number of hydrogen-bond donors (Lipinski definition) is 0. The van der Waals surface area contributed by atoms with Crippen molar-refractivity contribution in [3.8, 4) is 30.4 Å². The van der Waals surface area contributed by atoms with Crippen molar-refractivity contribution in [3.63, 3.8) is 0 Å². The highest BCUT2D eigenvalue weighted by Gasteiger charge is 2.70. The highest BCUT2D eigenvalue weighted by molar-refractivity contribution is 6.74. The van der Waals surface area contributed by atoms with Crippen LogP contribution in [0.2, 0.25) is 18.1 Å². The number of ether oxygens (including phenoxy) is 2. The van der Waals surface area contributed by atoms with E-state index in [4.69, 9.17) is 26.7 Å². The lowest BCUT2D eigenvalue weighted by atomic mass is 9.76. The Balaban J connectivity index is 1.62. The van der Waals surface area contributed by atoms with E-state index in [2.05, 4.69) is 45.7 Å². The summed E-state index contributed by atoms with van der Waals surface area (Å²) in [5.41, 5.74) is 0.773. The van der Waals surface area contributed by atoms with Gasteiger partial charge in [-0.1, -0.05) is 69.0 Å². The number of nitrogens with zero attached hydrogens (tertiary/aromatic N) is 1. The maximum atomic E-state index is 13.3. The molecule has 0 spiro atoms. The van der Waals surface area contributed by atoms with Gasteiger partial charge in [0.15, 0.2) is 8.32 Å². The van der Waals surface area contributed by atoms with Crippen molar-refractivity contribution in [1.82, 2.24) is 0 Å². The van der Waals surface area contributed by atoms with Crippen LogP contribution in [-0.2, 0) is 14.8 Å². The van der Waals surface area contributed by atoms with Crippen molar-refractivity contribution in [2.24, 2.45) is 5.92 Å². The molecule has 1 saturated heterocycles. The fourth-order valence-corrected chi connectivity index (χ4v) is 5.60. The molecule has 35 heavy (non-hydrogen) atoms. The van der Waals surface area contributed by atoms with E-state index in [9.17, 15) is 4.79 Å². The van der Waals surface area contributed by atoms with E-state index in [0.29, 0.717) is 24.5 Å². The quantitative estimate of drug-likeness (QED) is 0.286. The number of hydrogen-bond acceptors (Lipinski definition) is 4. The third-order valence-electron chi connectivity index (χ3n) is 7.55. The molecule has 5 nitrogen and oxygen atoms in total. The highest BCUT2D eigenvalue weighted by atomic mass is 28.4. The number of fused-ring (bicyclic) bond motifs is 3. The van der Waals surface area contributed by atoms with E-state index in [0.717, 1.165) is 5.56 Å². The van der Waals surface area contributed by atoms with Crippen molar-refractivity contribution in [2.45, 2.75) is 63.1 Å². The molecule has 2 heterocycles. The molecular formula is C29H33NO4Si. The topological polar surface area (TPSA) is 51.3 Å². The number of amides is 1. The lowest BCUT2D eigenvalue weighted by Gasteiger charge is -2.38. The molecule has 0 bridgehead atoms. The van der Waals surface area contributed by atoms with Gasteiger partial charge in [0.25, 0.3) is 0 Å². The average Bonchev–Trinajstić information content (AvgIpc) is 3.57. The van der Waals surface area contributed by atoms with Gasteiger partial charge in [-0.25, -0.2) is 4.79 Å². The van der Waals surface area contributed by atoms with E-state index in [1.54, 1.807) is 12.1 Å². The molecule has 0 unspecified atom stereocenters. The number of benzene rings is 2. The second-order valence-electron chi connectivity index (χ2n) is 10.6. The largest absolute Gasteiger partial charge is 0.420 e. The van der Waals surface area contributed by atoms with Crippen molar-refractivity contribution in [2.75, 3.05) is 11.5 Å². The molecule has 1 fully saturated rings. The Labute approximate surface area is 209 Å². The predicted octanol–water partition coefficient (Wildman–Crippen LogP) is 5.96. The van der Waals surface area contributed by atoms with Gasteiger partial charge in [0, 0.05) is 12.2 Å². The van der Waals surface area contributed by atoms with Crippen molar-refractivity contribution in [3.05, 3.63) is 60.2 Å². The summed E-state index contributed by atoms with van der Waals surface area (Å²) >= 11 is 0. The van der Waals surface area contributed by atoms with Crippen LogP contribution in [-0.4, -0.2) is 33.2 Å². The fraction of sp³-hybridized carbons (Fsp3) is 0.414. The zero-order chi connectivity index (χ0) is 25.4. The van der Waals surface area contributed by atoms with E-state index >= 15 is 0 Å². The molecule has 2 aromatic rings. The van der Waals surface area contributed by atoms with Crippen LogP contribution in [0.3, 0.4) is 0 Å². The monoisotopic (exact) mass is 487 g/mol. The van der Waals surface area contributed by atoms with Gasteiger partial charge < -0.3 is 13.9 Å². The summed E-state index contributed by atoms with van der Waals surface area (Å²) in [5.74, 6) is 5.92. The SMILES string of the molecule is C#C[C@H]1[C@@H]2O[C@]2([C@@H](C#C)CCO[Si](C)(C)C(C)(C)C)c2ccccc2N1C(=O)Oc1ccccc1. The Kier molecular flexibility index (Phi) is 6.59. The molecule has 0 aromatic heterocycles. The molecule has 2 aromatic carbocycles. The zero-order valence-electron chi connectivity index (χ0n) is 21.1. The predicted molar refractivity (Wildman–Crippen MR) is 141 cm³/mol. The van der Waals surface area contributed by atoms with Crippen LogP contribution < -0.4 is 9.64 Å². The Morgan fingerprint density at radius 3 is 2.43 bits per heavy atom. The van der Waals surface area contributed by atoms with E-state index in [1.165, 1.54) is 4.90 Å². The summed E-state index contributed by atoms with van der Waals surface area (Å²) in [6, 6.07) is 15.9. The first-order valence-electron chi connectivity index (χ1n) is 12.0. The smallest absolute Gasteiger partial charge is 0.417 e. The number of rotatable bonds is 6. The van der Waals surface area contributed by atoms with Crippen molar-refractivity contribution >= 4 is 20.1 Å². The van der Waals surface area contributed by atoms with Crippen LogP contribution in [0.5, 0.6) is 5.75 Å². The summed E-state index contributed by atoms with van der Waals surface area (Å²) in [5, 5.41) is 0.112. The number of anilines is 1. The van der Waals surface area contributed by atoms with Gasteiger partial charge in [0.05, 0.1) is 11.6 Å². The Morgan fingerprint density at radius 2 is 1.80 bits per heavy atom. The minimum Gasteiger partial charge on any atom is -0.417 e. The van der Waals surface area contributed by atoms with Gasteiger partial charge in [0.1, 0.15) is 23.5 Å². The normalized spacial score (nSPS) is 23.8. The Hall–Kier alpha value is -3.03. The maximum Gasteiger partial charge on any atom is 0.420 e. The number of epoxide rings is 1. The molecule has 2 aliphatic heterocycles. The number of terminal acetylenes is 2. The molecule has 6 heteroatoms.